The van der Waals surface area contributed by atoms with Crippen LogP contribution in [0.5, 0.6) is 0 Å². The van der Waals surface area contributed by atoms with Gasteiger partial charge in [-0.25, -0.2) is 4.79 Å². The van der Waals surface area contributed by atoms with E-state index in [9.17, 15) is 9.59 Å². The summed E-state index contributed by atoms with van der Waals surface area (Å²) in [5, 5.41) is 14.3. The largest absolute Gasteiger partial charge is 0.481 e. The van der Waals surface area contributed by atoms with Crippen molar-refractivity contribution in [2.75, 3.05) is 18.6 Å². The molecular formula is C12H24N2O3S. The number of thioether (sulfide) groups is 1. The van der Waals surface area contributed by atoms with Crippen molar-refractivity contribution in [1.82, 2.24) is 10.6 Å². The number of carboxylic acids is 1. The number of amides is 2. The summed E-state index contributed by atoms with van der Waals surface area (Å²) < 4.78 is 0. The fourth-order valence-corrected chi connectivity index (χ4v) is 2.08. The van der Waals surface area contributed by atoms with E-state index < -0.39 is 5.97 Å². The van der Waals surface area contributed by atoms with E-state index in [2.05, 4.69) is 10.6 Å². The van der Waals surface area contributed by atoms with E-state index in [0.29, 0.717) is 6.54 Å². The van der Waals surface area contributed by atoms with Gasteiger partial charge in [0.2, 0.25) is 0 Å². The maximum absolute atomic E-state index is 11.5. The quantitative estimate of drug-likeness (QED) is 0.601. The van der Waals surface area contributed by atoms with Crippen LogP contribution in [0.1, 0.15) is 33.1 Å². The molecule has 2 unspecified atom stereocenters. The topological polar surface area (TPSA) is 78.4 Å². The maximum Gasteiger partial charge on any atom is 0.315 e. The number of hydrogen-bond acceptors (Lipinski definition) is 3. The zero-order chi connectivity index (χ0) is 14.0. The second-order valence-electron chi connectivity index (χ2n) is 4.41. The molecule has 2 atom stereocenters. The van der Waals surface area contributed by atoms with Crippen LogP contribution >= 0.6 is 11.8 Å². The number of rotatable bonds is 9. The molecule has 0 rings (SSSR count). The molecule has 0 aromatic rings. The van der Waals surface area contributed by atoms with Gasteiger partial charge < -0.3 is 15.7 Å². The van der Waals surface area contributed by atoms with Gasteiger partial charge in [0.1, 0.15) is 0 Å². The van der Waals surface area contributed by atoms with Crippen molar-refractivity contribution < 1.29 is 14.7 Å². The first kappa shape index (κ1) is 17.1. The molecule has 3 N–H and O–H groups in total. The van der Waals surface area contributed by atoms with Gasteiger partial charge in [-0.1, -0.05) is 13.3 Å². The maximum atomic E-state index is 11.5. The van der Waals surface area contributed by atoms with Crippen LogP contribution in [0, 0.1) is 5.92 Å². The molecule has 0 aromatic heterocycles. The van der Waals surface area contributed by atoms with Crippen LogP contribution in [0.25, 0.3) is 0 Å². The lowest BCUT2D eigenvalue weighted by atomic mass is 10.0. The van der Waals surface area contributed by atoms with Crippen molar-refractivity contribution in [2.45, 2.75) is 39.2 Å². The zero-order valence-electron chi connectivity index (χ0n) is 11.4. The Labute approximate surface area is 113 Å². The Morgan fingerprint density at radius 1 is 1.39 bits per heavy atom. The van der Waals surface area contributed by atoms with Crippen LogP contribution in [0.15, 0.2) is 0 Å². The second kappa shape index (κ2) is 10.1. The Morgan fingerprint density at radius 3 is 2.56 bits per heavy atom. The Morgan fingerprint density at radius 2 is 2.06 bits per heavy atom. The van der Waals surface area contributed by atoms with Gasteiger partial charge in [0.05, 0.1) is 0 Å². The lowest BCUT2D eigenvalue weighted by Crippen LogP contribution is -2.42. The molecule has 18 heavy (non-hydrogen) atoms. The van der Waals surface area contributed by atoms with Crippen LogP contribution in [0.4, 0.5) is 4.79 Å². The molecule has 0 saturated carbocycles. The molecule has 0 fully saturated rings. The van der Waals surface area contributed by atoms with E-state index in [0.717, 1.165) is 18.6 Å². The summed E-state index contributed by atoms with van der Waals surface area (Å²) in [6, 6.07) is -0.0792. The first-order valence-corrected chi connectivity index (χ1v) is 7.64. The highest BCUT2D eigenvalue weighted by Gasteiger charge is 2.13. The fraction of sp³-hybridized carbons (Fsp3) is 0.833. The summed E-state index contributed by atoms with van der Waals surface area (Å²) in [7, 11) is 0. The van der Waals surface area contributed by atoms with Gasteiger partial charge in [0, 0.05) is 19.0 Å². The van der Waals surface area contributed by atoms with Crippen molar-refractivity contribution in [2.24, 2.45) is 5.92 Å². The molecule has 0 radical (unpaired) electrons. The molecule has 106 valence electrons. The molecule has 0 aliphatic carbocycles. The summed E-state index contributed by atoms with van der Waals surface area (Å²) >= 11 is 1.75. The minimum absolute atomic E-state index is 0.00486. The minimum Gasteiger partial charge on any atom is -0.481 e. The Balaban J connectivity index is 3.83. The molecule has 0 spiro atoms. The Bertz CT molecular complexity index is 262. The molecule has 0 aliphatic heterocycles. The van der Waals surface area contributed by atoms with Crippen LogP contribution < -0.4 is 10.6 Å². The van der Waals surface area contributed by atoms with Crippen LogP contribution in [-0.2, 0) is 4.79 Å². The number of aliphatic carboxylic acids is 1. The van der Waals surface area contributed by atoms with Gasteiger partial charge >= 0.3 is 12.0 Å². The molecule has 6 heteroatoms. The number of carbonyl (C=O) groups excluding carboxylic acids is 1. The second-order valence-corrected chi connectivity index (χ2v) is 5.39. The molecule has 0 bridgehead atoms. The van der Waals surface area contributed by atoms with Crippen LogP contribution in [-0.4, -0.2) is 41.7 Å². The number of carboxylic acid groups (broad SMARTS) is 1. The number of carbonyl (C=O) groups is 2. The number of hydrogen-bond donors (Lipinski definition) is 3. The van der Waals surface area contributed by atoms with Gasteiger partial charge in [-0.15, -0.1) is 0 Å². The van der Waals surface area contributed by atoms with Gasteiger partial charge in [-0.05, 0) is 31.3 Å². The van der Waals surface area contributed by atoms with Crippen molar-refractivity contribution in [1.29, 1.82) is 0 Å². The molecule has 0 aliphatic rings. The predicted molar refractivity (Wildman–Crippen MR) is 75.0 cm³/mol. The highest BCUT2D eigenvalue weighted by Crippen LogP contribution is 2.06. The van der Waals surface area contributed by atoms with Crippen molar-refractivity contribution in [3.8, 4) is 0 Å². The van der Waals surface area contributed by atoms with Gasteiger partial charge in [0.25, 0.3) is 0 Å². The monoisotopic (exact) mass is 276 g/mol. The fourth-order valence-electron chi connectivity index (χ4n) is 1.49. The van der Waals surface area contributed by atoms with Gasteiger partial charge in [0.15, 0.2) is 0 Å². The third kappa shape index (κ3) is 9.15. The van der Waals surface area contributed by atoms with E-state index in [4.69, 9.17) is 5.11 Å². The lowest BCUT2D eigenvalue weighted by Gasteiger charge is -2.17. The molecule has 5 nitrogen and oxygen atoms in total. The normalized spacial score (nSPS) is 13.7. The third-order valence-corrected chi connectivity index (χ3v) is 3.37. The minimum atomic E-state index is -0.822. The average molecular weight is 276 g/mol. The van der Waals surface area contributed by atoms with E-state index in [1.165, 1.54) is 0 Å². The summed E-state index contributed by atoms with van der Waals surface area (Å²) in [6.45, 7) is 4.29. The summed E-state index contributed by atoms with van der Waals surface area (Å²) in [6.07, 6.45) is 3.80. The van der Waals surface area contributed by atoms with E-state index in [-0.39, 0.29) is 24.4 Å². The van der Waals surface area contributed by atoms with E-state index in [1.54, 1.807) is 11.8 Å². The van der Waals surface area contributed by atoms with Crippen LogP contribution in [0.3, 0.4) is 0 Å². The highest BCUT2D eigenvalue weighted by molar-refractivity contribution is 7.98. The Kier molecular flexibility index (Phi) is 9.55. The molecule has 0 aromatic carbocycles. The summed E-state index contributed by atoms with van der Waals surface area (Å²) in [4.78, 5) is 22.1. The van der Waals surface area contributed by atoms with Gasteiger partial charge in [-0.3, -0.25) is 4.79 Å². The smallest absolute Gasteiger partial charge is 0.315 e. The van der Waals surface area contributed by atoms with Crippen molar-refractivity contribution in [3.05, 3.63) is 0 Å². The van der Waals surface area contributed by atoms with Gasteiger partial charge in [-0.2, -0.15) is 11.8 Å². The average Bonchev–Trinajstić information content (AvgIpc) is 2.31. The summed E-state index contributed by atoms with van der Waals surface area (Å²) in [5.41, 5.74) is 0. The first-order valence-electron chi connectivity index (χ1n) is 6.24. The third-order valence-electron chi connectivity index (χ3n) is 2.72. The highest BCUT2D eigenvalue weighted by atomic mass is 32.2. The molecular weight excluding hydrogens is 252 g/mol. The number of urea groups is 1. The van der Waals surface area contributed by atoms with Crippen LogP contribution in [0.2, 0.25) is 0 Å². The van der Waals surface area contributed by atoms with Crippen molar-refractivity contribution >= 4 is 23.8 Å². The van der Waals surface area contributed by atoms with E-state index in [1.807, 2.05) is 20.1 Å². The lowest BCUT2D eigenvalue weighted by molar-refractivity contribution is -0.138. The molecule has 0 saturated heterocycles. The molecule has 0 heterocycles. The Hall–Kier alpha value is -0.910. The predicted octanol–water partition coefficient (Wildman–Crippen LogP) is 1.93. The summed E-state index contributed by atoms with van der Waals surface area (Å²) in [5.74, 6) is 0.185. The standard InChI is InChI=1S/C12H24N2O3S/c1-4-10(7-11(15)16)8-13-12(17)14-9(2)5-6-18-3/h9-10H,4-8H2,1-3H3,(H,15,16)(H2,13,14,17). The van der Waals surface area contributed by atoms with Crippen molar-refractivity contribution in [3.63, 3.8) is 0 Å². The first-order chi connectivity index (χ1) is 8.49. The zero-order valence-corrected chi connectivity index (χ0v) is 12.2. The number of nitrogens with one attached hydrogen (secondary N) is 2. The SMILES string of the molecule is CCC(CNC(=O)NC(C)CCSC)CC(=O)O. The molecule has 2 amide bonds. The van der Waals surface area contributed by atoms with E-state index >= 15 is 0 Å².